The average molecular weight is 459 g/mol. The van der Waals surface area contributed by atoms with Crippen LogP contribution in [0.2, 0.25) is 0 Å². The summed E-state index contributed by atoms with van der Waals surface area (Å²) in [5.41, 5.74) is 4.69. The van der Waals surface area contributed by atoms with Crippen molar-refractivity contribution in [3.8, 4) is 23.7 Å². The van der Waals surface area contributed by atoms with Crippen LogP contribution < -0.4 is 5.48 Å². The molecule has 2 rings (SSSR count). The maximum absolute atomic E-state index is 12.1. The molecule has 32 heavy (non-hydrogen) atoms. The highest BCUT2D eigenvalue weighted by Gasteiger charge is 2.43. The standard InChI is InChI=1S/C24H30N2O5S/c1-24(23(28)25-29,32(2,30)31)15-18-26-16-13-22(14-17-26)21-11-9-20(10-12-21)8-6-4-3-5-7-19-27/h9-13,27,29H,5,7,14-19H2,1-2H3,(H,25,28). The van der Waals surface area contributed by atoms with E-state index in [-0.39, 0.29) is 13.0 Å². The maximum Gasteiger partial charge on any atom is 0.264 e. The number of hydrogen-bond donors (Lipinski definition) is 3. The van der Waals surface area contributed by atoms with Gasteiger partial charge in [0, 0.05) is 44.5 Å². The van der Waals surface area contributed by atoms with Crippen molar-refractivity contribution in [2.45, 2.75) is 37.4 Å². The average Bonchev–Trinajstić information content (AvgIpc) is 2.79. The van der Waals surface area contributed by atoms with Crippen molar-refractivity contribution in [3.63, 3.8) is 0 Å². The molecule has 0 radical (unpaired) electrons. The zero-order valence-electron chi connectivity index (χ0n) is 18.5. The van der Waals surface area contributed by atoms with Crippen molar-refractivity contribution in [1.29, 1.82) is 0 Å². The maximum atomic E-state index is 12.1. The third kappa shape index (κ3) is 6.94. The lowest BCUT2D eigenvalue weighted by atomic mass is 9.98. The Bertz CT molecular complexity index is 1060. The van der Waals surface area contributed by atoms with Crippen LogP contribution in [0.25, 0.3) is 5.57 Å². The molecule has 0 spiro atoms. The van der Waals surface area contributed by atoms with Crippen molar-refractivity contribution in [2.24, 2.45) is 0 Å². The molecule has 0 bridgehead atoms. The third-order valence-electron chi connectivity index (χ3n) is 5.67. The van der Waals surface area contributed by atoms with Crippen LogP contribution >= 0.6 is 0 Å². The number of aliphatic hydroxyl groups is 1. The number of hydrogen-bond acceptors (Lipinski definition) is 6. The van der Waals surface area contributed by atoms with Gasteiger partial charge < -0.3 is 5.11 Å². The minimum absolute atomic E-state index is 0.0949. The van der Waals surface area contributed by atoms with E-state index in [0.717, 1.165) is 30.3 Å². The van der Waals surface area contributed by atoms with Gasteiger partial charge in [0.05, 0.1) is 0 Å². The van der Waals surface area contributed by atoms with Gasteiger partial charge in [-0.25, -0.2) is 13.9 Å². The normalized spacial score (nSPS) is 15.9. The minimum atomic E-state index is -3.69. The third-order valence-corrected chi connectivity index (χ3v) is 7.70. The van der Waals surface area contributed by atoms with Crippen LogP contribution in [0.5, 0.6) is 0 Å². The molecule has 1 unspecified atom stereocenters. The number of hydroxylamine groups is 1. The fourth-order valence-electron chi connectivity index (χ4n) is 3.28. The van der Waals surface area contributed by atoms with Gasteiger partial charge in [-0.15, -0.1) is 0 Å². The van der Waals surface area contributed by atoms with Gasteiger partial charge in [0.1, 0.15) is 0 Å². The second kappa shape index (κ2) is 11.8. The van der Waals surface area contributed by atoms with Crippen LogP contribution in [-0.4, -0.2) is 66.8 Å². The van der Waals surface area contributed by atoms with Gasteiger partial charge >= 0.3 is 0 Å². The van der Waals surface area contributed by atoms with Crippen molar-refractivity contribution >= 4 is 21.3 Å². The second-order valence-corrected chi connectivity index (χ2v) is 10.4. The van der Waals surface area contributed by atoms with Crippen LogP contribution in [0.15, 0.2) is 30.3 Å². The Morgan fingerprint density at radius 2 is 1.97 bits per heavy atom. The Hall–Kier alpha value is -2.62. The summed E-state index contributed by atoms with van der Waals surface area (Å²) in [5, 5.41) is 17.6. The smallest absolute Gasteiger partial charge is 0.264 e. The van der Waals surface area contributed by atoms with Gasteiger partial charge in [0.2, 0.25) is 0 Å². The number of carbonyl (C=O) groups is 1. The van der Waals surface area contributed by atoms with Crippen LogP contribution in [0.1, 0.15) is 43.7 Å². The van der Waals surface area contributed by atoms with E-state index in [0.29, 0.717) is 25.9 Å². The predicted molar refractivity (Wildman–Crippen MR) is 124 cm³/mol. The predicted octanol–water partition coefficient (Wildman–Crippen LogP) is 1.60. The number of nitrogens with zero attached hydrogens (tertiary/aromatic N) is 1. The lowest BCUT2D eigenvalue weighted by Crippen LogP contribution is -2.51. The van der Waals surface area contributed by atoms with Crippen LogP contribution in [-0.2, 0) is 14.6 Å². The molecule has 0 saturated carbocycles. The van der Waals surface area contributed by atoms with E-state index >= 15 is 0 Å². The number of sulfone groups is 1. The summed E-state index contributed by atoms with van der Waals surface area (Å²) >= 11 is 0. The first-order valence-electron chi connectivity index (χ1n) is 10.5. The van der Waals surface area contributed by atoms with E-state index < -0.39 is 20.5 Å². The summed E-state index contributed by atoms with van der Waals surface area (Å²) in [7, 11) is -3.69. The van der Waals surface area contributed by atoms with Crippen LogP contribution in [0.4, 0.5) is 0 Å². The molecule has 8 heteroatoms. The van der Waals surface area contributed by atoms with Crippen molar-refractivity contribution < 1.29 is 23.5 Å². The minimum Gasteiger partial charge on any atom is -0.396 e. The molecule has 0 fully saturated rings. The summed E-state index contributed by atoms with van der Waals surface area (Å²) in [6, 6.07) is 7.96. The number of rotatable bonds is 8. The molecule has 1 aliphatic rings. The van der Waals surface area contributed by atoms with E-state index in [4.69, 9.17) is 10.3 Å². The van der Waals surface area contributed by atoms with E-state index in [1.165, 1.54) is 18.0 Å². The number of benzene rings is 1. The second-order valence-electron chi connectivity index (χ2n) is 7.93. The summed E-state index contributed by atoms with van der Waals surface area (Å²) in [4.78, 5) is 14.0. The zero-order valence-corrected chi connectivity index (χ0v) is 19.3. The Balaban J connectivity index is 1.95. The largest absolute Gasteiger partial charge is 0.396 e. The van der Waals surface area contributed by atoms with E-state index in [9.17, 15) is 13.2 Å². The lowest BCUT2D eigenvalue weighted by Gasteiger charge is -2.31. The first-order chi connectivity index (χ1) is 15.2. The van der Waals surface area contributed by atoms with Crippen molar-refractivity contribution in [2.75, 3.05) is 32.5 Å². The molecular formula is C24H30N2O5S. The first kappa shape index (κ1) is 25.6. The molecule has 0 aromatic heterocycles. The Kier molecular flexibility index (Phi) is 9.49. The molecule has 1 aromatic rings. The SMILES string of the molecule is CC(CCN1CC=C(c2ccc(C#CC#CCCCO)cc2)CC1)(C(=O)NO)S(C)(=O)=O. The number of unbranched alkanes of at least 4 members (excludes halogenated alkanes) is 1. The Labute approximate surface area is 190 Å². The molecule has 1 heterocycles. The fraction of sp³-hybridized carbons (Fsp3) is 0.458. The highest BCUT2D eigenvalue weighted by Crippen LogP contribution is 2.25. The van der Waals surface area contributed by atoms with Gasteiger partial charge in [-0.1, -0.05) is 30.0 Å². The number of carbonyl (C=O) groups excluding carboxylic acids is 1. The van der Waals surface area contributed by atoms with Crippen molar-refractivity contribution in [3.05, 3.63) is 41.5 Å². The molecule has 1 amide bonds. The topological polar surface area (TPSA) is 107 Å². The Morgan fingerprint density at radius 1 is 1.25 bits per heavy atom. The molecule has 1 aliphatic heterocycles. The van der Waals surface area contributed by atoms with Gasteiger partial charge in [-0.05, 0) is 61.3 Å². The number of amides is 1. The first-order valence-corrected chi connectivity index (χ1v) is 12.4. The van der Waals surface area contributed by atoms with Crippen molar-refractivity contribution in [1.82, 2.24) is 10.4 Å². The molecule has 1 atom stereocenters. The summed E-state index contributed by atoms with van der Waals surface area (Å²) in [5.74, 6) is 10.6. The molecule has 7 nitrogen and oxygen atoms in total. The zero-order chi connectivity index (χ0) is 23.6. The highest BCUT2D eigenvalue weighted by atomic mass is 32.2. The Morgan fingerprint density at radius 3 is 2.53 bits per heavy atom. The monoisotopic (exact) mass is 458 g/mol. The lowest BCUT2D eigenvalue weighted by molar-refractivity contribution is -0.131. The fourth-order valence-corrected chi connectivity index (χ4v) is 4.12. The van der Waals surface area contributed by atoms with Gasteiger partial charge in [-0.2, -0.15) is 0 Å². The van der Waals surface area contributed by atoms with E-state index in [1.54, 1.807) is 0 Å². The highest BCUT2D eigenvalue weighted by molar-refractivity contribution is 7.92. The van der Waals surface area contributed by atoms with Crippen LogP contribution in [0, 0.1) is 23.7 Å². The molecule has 1 aromatic carbocycles. The summed E-state index contributed by atoms with van der Waals surface area (Å²) < 4.78 is 22.5. The summed E-state index contributed by atoms with van der Waals surface area (Å²) in [6.07, 6.45) is 5.32. The van der Waals surface area contributed by atoms with E-state index in [2.05, 4.69) is 34.7 Å². The number of aliphatic hydroxyl groups excluding tert-OH is 1. The molecule has 0 aliphatic carbocycles. The summed E-state index contributed by atoms with van der Waals surface area (Å²) in [6.45, 7) is 3.30. The quantitative estimate of drug-likeness (QED) is 0.236. The van der Waals surface area contributed by atoms with Gasteiger partial charge in [0.15, 0.2) is 14.6 Å². The molecule has 0 saturated heterocycles. The molecule has 3 N–H and O–H groups in total. The van der Waals surface area contributed by atoms with Gasteiger partial charge in [0.25, 0.3) is 5.91 Å². The van der Waals surface area contributed by atoms with Crippen LogP contribution in [0.3, 0.4) is 0 Å². The van der Waals surface area contributed by atoms with Gasteiger partial charge in [-0.3, -0.25) is 14.9 Å². The van der Waals surface area contributed by atoms with E-state index in [1.807, 2.05) is 24.3 Å². The molecular weight excluding hydrogens is 428 g/mol. The molecule has 172 valence electrons. The number of nitrogens with one attached hydrogen (secondary N) is 1.